The van der Waals surface area contributed by atoms with Crippen LogP contribution in [-0.2, 0) is 4.79 Å². The molecule has 1 saturated heterocycles. The number of aliphatic hydroxyl groups excluding tert-OH is 1. The molecule has 1 aromatic rings. The fourth-order valence-electron chi connectivity index (χ4n) is 2.88. The fourth-order valence-corrected chi connectivity index (χ4v) is 2.88. The predicted molar refractivity (Wildman–Crippen MR) is 90.7 cm³/mol. The third-order valence-corrected chi connectivity index (χ3v) is 4.21. The average molecular weight is 320 g/mol. The molecule has 1 heterocycles. The van der Waals surface area contributed by atoms with Crippen molar-refractivity contribution in [2.45, 2.75) is 32.8 Å². The van der Waals surface area contributed by atoms with Gasteiger partial charge in [0.1, 0.15) is 18.5 Å². The first-order valence-corrected chi connectivity index (χ1v) is 8.30. The molecule has 1 aliphatic heterocycles. The monoisotopic (exact) mass is 320 g/mol. The summed E-state index contributed by atoms with van der Waals surface area (Å²) in [5.74, 6) is 1.07. The molecule has 23 heavy (non-hydrogen) atoms. The normalized spacial score (nSPS) is 16.2. The van der Waals surface area contributed by atoms with E-state index in [0.29, 0.717) is 13.0 Å². The van der Waals surface area contributed by atoms with Gasteiger partial charge in [-0.1, -0.05) is 17.7 Å². The molecule has 1 unspecified atom stereocenters. The average Bonchev–Trinajstić information content (AvgIpc) is 2.89. The van der Waals surface area contributed by atoms with Crippen LogP contribution in [0.3, 0.4) is 0 Å². The molecule has 1 amide bonds. The van der Waals surface area contributed by atoms with E-state index in [9.17, 15) is 9.90 Å². The van der Waals surface area contributed by atoms with Crippen molar-refractivity contribution in [2.24, 2.45) is 0 Å². The van der Waals surface area contributed by atoms with Crippen LogP contribution in [0.4, 0.5) is 0 Å². The highest BCUT2D eigenvalue weighted by Crippen LogP contribution is 2.18. The number of likely N-dealkylation sites (tertiary alicyclic amines) is 1. The van der Waals surface area contributed by atoms with Gasteiger partial charge >= 0.3 is 0 Å². The van der Waals surface area contributed by atoms with Crippen LogP contribution in [0.25, 0.3) is 0 Å². The maximum atomic E-state index is 11.6. The largest absolute Gasteiger partial charge is 0.491 e. The minimum absolute atomic E-state index is 0.247. The second-order valence-corrected chi connectivity index (χ2v) is 6.48. The molecule has 128 valence electrons. The number of aryl methyl sites for hydroxylation is 2. The zero-order valence-electron chi connectivity index (χ0n) is 14.4. The van der Waals surface area contributed by atoms with E-state index in [-0.39, 0.29) is 12.5 Å². The summed E-state index contributed by atoms with van der Waals surface area (Å²) in [6.45, 7) is 7.24. The molecule has 1 atom stereocenters. The smallest absolute Gasteiger partial charge is 0.222 e. The van der Waals surface area contributed by atoms with Crippen molar-refractivity contribution in [1.82, 2.24) is 9.80 Å². The minimum Gasteiger partial charge on any atom is -0.491 e. The molecule has 2 rings (SSSR count). The van der Waals surface area contributed by atoms with Crippen LogP contribution < -0.4 is 4.74 Å². The molecule has 1 aromatic carbocycles. The van der Waals surface area contributed by atoms with E-state index in [1.54, 1.807) is 0 Å². The number of likely N-dealkylation sites (N-methyl/N-ethyl adjacent to an activating group) is 1. The maximum Gasteiger partial charge on any atom is 0.222 e. The second-order valence-electron chi connectivity index (χ2n) is 6.48. The van der Waals surface area contributed by atoms with Gasteiger partial charge < -0.3 is 19.6 Å². The van der Waals surface area contributed by atoms with Crippen LogP contribution in [0.5, 0.6) is 5.75 Å². The van der Waals surface area contributed by atoms with Crippen molar-refractivity contribution in [2.75, 3.05) is 39.8 Å². The summed E-state index contributed by atoms with van der Waals surface area (Å²) in [6, 6.07) is 6.02. The lowest BCUT2D eigenvalue weighted by Gasteiger charge is -2.24. The Bertz CT molecular complexity index is 533. The molecule has 0 aromatic heterocycles. The van der Waals surface area contributed by atoms with E-state index in [1.165, 1.54) is 5.56 Å². The summed E-state index contributed by atoms with van der Waals surface area (Å²) in [6.07, 6.45) is 1.10. The van der Waals surface area contributed by atoms with Crippen molar-refractivity contribution in [3.8, 4) is 5.75 Å². The molecular weight excluding hydrogens is 292 g/mol. The van der Waals surface area contributed by atoms with Crippen molar-refractivity contribution in [3.05, 3.63) is 29.3 Å². The first kappa shape index (κ1) is 17.8. The quantitative estimate of drug-likeness (QED) is 0.790. The first-order chi connectivity index (χ1) is 11.0. The molecule has 5 nitrogen and oxygen atoms in total. The first-order valence-electron chi connectivity index (χ1n) is 8.30. The number of amides is 1. The van der Waals surface area contributed by atoms with Gasteiger partial charge in [-0.3, -0.25) is 4.79 Å². The molecule has 1 aliphatic rings. The Labute approximate surface area is 138 Å². The number of rotatable bonds is 8. The van der Waals surface area contributed by atoms with Gasteiger partial charge in [-0.2, -0.15) is 0 Å². The third kappa shape index (κ3) is 5.52. The number of carbonyl (C=O) groups excluding carboxylic acids is 1. The molecular formula is C18H28N2O3. The Morgan fingerprint density at radius 1 is 1.39 bits per heavy atom. The number of aliphatic hydroxyl groups is 1. The van der Waals surface area contributed by atoms with Crippen LogP contribution in [0.1, 0.15) is 24.0 Å². The Morgan fingerprint density at radius 2 is 2.17 bits per heavy atom. The van der Waals surface area contributed by atoms with Crippen molar-refractivity contribution >= 4 is 5.91 Å². The lowest BCUT2D eigenvalue weighted by molar-refractivity contribution is -0.127. The lowest BCUT2D eigenvalue weighted by atomic mass is 10.1. The van der Waals surface area contributed by atoms with Gasteiger partial charge in [0, 0.05) is 32.6 Å². The van der Waals surface area contributed by atoms with Gasteiger partial charge in [0.15, 0.2) is 0 Å². The Balaban J connectivity index is 1.69. The van der Waals surface area contributed by atoms with E-state index in [2.05, 4.69) is 6.07 Å². The summed E-state index contributed by atoms with van der Waals surface area (Å²) in [5, 5.41) is 10.1. The fraction of sp³-hybridized carbons (Fsp3) is 0.611. The third-order valence-electron chi connectivity index (χ3n) is 4.21. The van der Waals surface area contributed by atoms with E-state index >= 15 is 0 Å². The number of ether oxygens (including phenoxy) is 1. The summed E-state index contributed by atoms with van der Waals surface area (Å²) >= 11 is 0. The van der Waals surface area contributed by atoms with Gasteiger partial charge in [0.25, 0.3) is 0 Å². The van der Waals surface area contributed by atoms with E-state index < -0.39 is 6.10 Å². The molecule has 1 fully saturated rings. The molecule has 0 spiro atoms. The van der Waals surface area contributed by atoms with Crippen molar-refractivity contribution < 1.29 is 14.6 Å². The van der Waals surface area contributed by atoms with Gasteiger partial charge in [-0.05, 0) is 38.9 Å². The van der Waals surface area contributed by atoms with Crippen LogP contribution >= 0.6 is 0 Å². The zero-order chi connectivity index (χ0) is 16.8. The predicted octanol–water partition coefficient (Wildman–Crippen LogP) is 1.60. The Morgan fingerprint density at radius 3 is 2.83 bits per heavy atom. The zero-order valence-corrected chi connectivity index (χ0v) is 14.4. The maximum absolute atomic E-state index is 11.6. The molecule has 1 N–H and O–H groups in total. The SMILES string of the molecule is Cc1ccc(OCC(O)CN(C)CCN2CCCC2=O)c(C)c1. The Hall–Kier alpha value is -1.59. The Kier molecular flexibility index (Phi) is 6.42. The van der Waals surface area contributed by atoms with Crippen LogP contribution in [0.15, 0.2) is 18.2 Å². The van der Waals surface area contributed by atoms with Crippen molar-refractivity contribution in [3.63, 3.8) is 0 Å². The minimum atomic E-state index is -0.546. The number of hydrogen-bond donors (Lipinski definition) is 1. The molecule has 5 heteroatoms. The number of hydrogen-bond acceptors (Lipinski definition) is 4. The molecule has 0 radical (unpaired) electrons. The van der Waals surface area contributed by atoms with Crippen molar-refractivity contribution in [1.29, 1.82) is 0 Å². The number of nitrogens with zero attached hydrogens (tertiary/aromatic N) is 2. The number of benzene rings is 1. The van der Waals surface area contributed by atoms with Crippen LogP contribution in [0.2, 0.25) is 0 Å². The molecule has 0 saturated carbocycles. The standard InChI is InChI=1S/C18H28N2O3/c1-14-6-7-17(15(2)11-14)23-13-16(21)12-19(3)9-10-20-8-4-5-18(20)22/h6-7,11,16,21H,4-5,8-10,12-13H2,1-3H3. The topological polar surface area (TPSA) is 53.0 Å². The van der Waals surface area contributed by atoms with Crippen LogP contribution in [-0.4, -0.2) is 66.8 Å². The summed E-state index contributed by atoms with van der Waals surface area (Å²) in [5.41, 5.74) is 2.28. The highest BCUT2D eigenvalue weighted by Gasteiger charge is 2.20. The summed E-state index contributed by atoms with van der Waals surface area (Å²) < 4.78 is 5.71. The van der Waals surface area contributed by atoms with Gasteiger partial charge in [0.05, 0.1) is 0 Å². The number of carbonyl (C=O) groups is 1. The molecule has 0 aliphatic carbocycles. The van der Waals surface area contributed by atoms with E-state index in [4.69, 9.17) is 4.74 Å². The second kappa shape index (κ2) is 8.31. The highest BCUT2D eigenvalue weighted by molar-refractivity contribution is 5.78. The summed E-state index contributed by atoms with van der Waals surface area (Å²) in [4.78, 5) is 15.5. The van der Waals surface area contributed by atoms with Gasteiger partial charge in [0.2, 0.25) is 5.91 Å². The van der Waals surface area contributed by atoms with Gasteiger partial charge in [-0.25, -0.2) is 0 Å². The molecule has 0 bridgehead atoms. The van der Waals surface area contributed by atoms with Gasteiger partial charge in [-0.15, -0.1) is 0 Å². The highest BCUT2D eigenvalue weighted by atomic mass is 16.5. The summed E-state index contributed by atoms with van der Waals surface area (Å²) in [7, 11) is 1.96. The van der Waals surface area contributed by atoms with E-state index in [1.807, 2.05) is 42.8 Å². The van der Waals surface area contributed by atoms with Crippen LogP contribution in [0, 0.1) is 13.8 Å². The lowest BCUT2D eigenvalue weighted by Crippen LogP contribution is -2.38. The van der Waals surface area contributed by atoms with E-state index in [0.717, 1.165) is 37.4 Å².